The number of rotatable bonds is 6. The predicted molar refractivity (Wildman–Crippen MR) is 127 cm³/mol. The molecule has 1 aromatic heterocycles. The van der Waals surface area contributed by atoms with E-state index in [9.17, 15) is 24.6 Å². The molecule has 0 aliphatic carbocycles. The molecule has 0 radical (unpaired) electrons. The molecule has 0 aliphatic rings. The minimum absolute atomic E-state index is 0.278. The first-order chi connectivity index (χ1) is 15.6. The number of hydrogen-bond donors (Lipinski definition) is 4. The normalized spacial score (nSPS) is 11.6. The minimum atomic E-state index is -1.09. The van der Waals surface area contributed by atoms with Crippen LogP contribution in [0.2, 0.25) is 0 Å². The number of nitrogens with one attached hydrogen (secondary N) is 2. The summed E-state index contributed by atoms with van der Waals surface area (Å²) in [6.07, 6.45) is -0.353. The highest BCUT2D eigenvalue weighted by atomic mass is 16.4. The van der Waals surface area contributed by atoms with Gasteiger partial charge in [0.2, 0.25) is 0 Å². The highest BCUT2D eigenvalue weighted by molar-refractivity contribution is 5.91. The minimum Gasteiger partial charge on any atom is -0.505 e. The van der Waals surface area contributed by atoms with Gasteiger partial charge in [-0.3, -0.25) is 9.59 Å². The second-order valence-corrected chi connectivity index (χ2v) is 8.05. The number of urea groups is 1. The Morgan fingerprint density at radius 2 is 1.64 bits per heavy atom. The summed E-state index contributed by atoms with van der Waals surface area (Å²) >= 11 is 0. The van der Waals surface area contributed by atoms with Crippen LogP contribution in [0.4, 0.5) is 10.5 Å². The average Bonchev–Trinajstić information content (AvgIpc) is 2.75. The molecule has 1 unspecified atom stereocenters. The summed E-state index contributed by atoms with van der Waals surface area (Å²) in [5, 5.41) is 24.4. The number of carbonyl (C=O) groups excluding carboxylic acids is 1. The Balaban J connectivity index is 1.85. The number of aromatic hydroxyl groups is 1. The van der Waals surface area contributed by atoms with Crippen LogP contribution >= 0.6 is 0 Å². The maximum atomic E-state index is 12.6. The fraction of sp³-hybridized carbons (Fsp3) is 0.240. The third-order valence-corrected chi connectivity index (χ3v) is 5.65. The van der Waals surface area contributed by atoms with Crippen molar-refractivity contribution in [1.82, 2.24) is 9.88 Å². The molecule has 0 saturated heterocycles. The third-order valence-electron chi connectivity index (χ3n) is 5.65. The van der Waals surface area contributed by atoms with Gasteiger partial charge in [-0.15, -0.1) is 0 Å². The van der Waals surface area contributed by atoms with E-state index in [1.54, 1.807) is 19.1 Å². The number of amides is 2. The van der Waals surface area contributed by atoms with Gasteiger partial charge >= 0.3 is 12.0 Å². The Morgan fingerprint density at radius 3 is 2.21 bits per heavy atom. The van der Waals surface area contributed by atoms with Crippen molar-refractivity contribution < 1.29 is 19.8 Å². The lowest BCUT2D eigenvalue weighted by atomic mass is 9.94. The summed E-state index contributed by atoms with van der Waals surface area (Å²) in [7, 11) is 1.52. The van der Waals surface area contributed by atoms with Gasteiger partial charge in [0.25, 0.3) is 5.56 Å². The van der Waals surface area contributed by atoms with Crippen molar-refractivity contribution in [3.8, 4) is 16.9 Å². The quantitative estimate of drug-likeness (QED) is 0.453. The van der Waals surface area contributed by atoms with Gasteiger partial charge in [0, 0.05) is 18.8 Å². The first kappa shape index (κ1) is 23.6. The van der Waals surface area contributed by atoms with Gasteiger partial charge in [-0.2, -0.15) is 0 Å². The number of carbonyl (C=O) groups is 2. The van der Waals surface area contributed by atoms with Crippen molar-refractivity contribution >= 4 is 17.7 Å². The van der Waals surface area contributed by atoms with Gasteiger partial charge in [0.1, 0.15) is 5.75 Å². The molecule has 3 aromatic rings. The zero-order valence-electron chi connectivity index (χ0n) is 19.0. The number of aromatic nitrogens is 1. The zero-order chi connectivity index (χ0) is 24.3. The molecule has 2 amide bonds. The van der Waals surface area contributed by atoms with E-state index in [1.807, 2.05) is 44.2 Å². The maximum Gasteiger partial charge on any atom is 0.319 e. The van der Waals surface area contributed by atoms with Gasteiger partial charge in [0.05, 0.1) is 12.5 Å². The lowest BCUT2D eigenvalue weighted by molar-refractivity contribution is -0.137. The fourth-order valence-electron chi connectivity index (χ4n) is 3.81. The Morgan fingerprint density at radius 1 is 1.03 bits per heavy atom. The number of nitrogens with zero attached hydrogens (tertiary/aromatic N) is 1. The highest BCUT2D eigenvalue weighted by Crippen LogP contribution is 2.29. The summed E-state index contributed by atoms with van der Waals surface area (Å²) in [6, 6.07) is 13.1. The summed E-state index contributed by atoms with van der Waals surface area (Å²) in [5.74, 6) is -1.45. The van der Waals surface area contributed by atoms with E-state index in [4.69, 9.17) is 0 Å². The van der Waals surface area contributed by atoms with Crippen LogP contribution in [0.1, 0.15) is 34.8 Å². The van der Waals surface area contributed by atoms with E-state index in [-0.39, 0.29) is 17.9 Å². The molecule has 2 aromatic carbocycles. The van der Waals surface area contributed by atoms with E-state index < -0.39 is 23.6 Å². The monoisotopic (exact) mass is 449 g/mol. The van der Waals surface area contributed by atoms with Crippen LogP contribution in [0, 0.1) is 20.8 Å². The number of anilines is 1. The molecule has 8 nitrogen and oxygen atoms in total. The Kier molecular flexibility index (Phi) is 6.86. The molecule has 0 saturated carbocycles. The highest BCUT2D eigenvalue weighted by Gasteiger charge is 2.20. The molecule has 8 heteroatoms. The van der Waals surface area contributed by atoms with Crippen molar-refractivity contribution in [2.75, 3.05) is 5.32 Å². The van der Waals surface area contributed by atoms with Gasteiger partial charge < -0.3 is 25.4 Å². The van der Waals surface area contributed by atoms with Gasteiger partial charge in [-0.25, -0.2) is 4.79 Å². The summed E-state index contributed by atoms with van der Waals surface area (Å²) in [5.41, 5.74) is 4.62. The molecule has 4 N–H and O–H groups in total. The molecule has 172 valence electrons. The van der Waals surface area contributed by atoms with Crippen LogP contribution in [-0.4, -0.2) is 26.8 Å². The molecule has 0 fully saturated rings. The van der Waals surface area contributed by atoms with Crippen LogP contribution < -0.4 is 16.2 Å². The summed E-state index contributed by atoms with van der Waals surface area (Å²) in [6.45, 7) is 5.70. The number of pyridine rings is 1. The maximum absolute atomic E-state index is 12.6. The standard InChI is InChI=1S/C25H27N3O5/c1-14-6-5-7-15(2)22(14)18-10-8-17(9-11-18)19(13-21(30)31)26-25(33)27-23-20(29)12-16(3)28(4)24(23)32/h5-12,19,29H,13H2,1-4H3,(H,30,31)(H2,26,27,33). The van der Waals surface area contributed by atoms with Crippen molar-refractivity contribution in [2.45, 2.75) is 33.2 Å². The smallest absolute Gasteiger partial charge is 0.319 e. The number of hydrogen-bond acceptors (Lipinski definition) is 4. The van der Waals surface area contributed by atoms with E-state index in [0.29, 0.717) is 11.3 Å². The first-order valence-corrected chi connectivity index (χ1v) is 10.4. The molecule has 0 aliphatic heterocycles. The second kappa shape index (κ2) is 9.60. The molecular weight excluding hydrogens is 422 g/mol. The van der Waals surface area contributed by atoms with Crippen molar-refractivity contribution in [3.63, 3.8) is 0 Å². The zero-order valence-corrected chi connectivity index (χ0v) is 19.0. The SMILES string of the molecule is Cc1cccc(C)c1-c1ccc(C(CC(=O)O)NC(=O)Nc2c(O)cc(C)n(C)c2=O)cc1. The number of carboxylic acid groups (broad SMARTS) is 1. The lowest BCUT2D eigenvalue weighted by Crippen LogP contribution is -2.36. The summed E-state index contributed by atoms with van der Waals surface area (Å²) < 4.78 is 1.29. The Hall–Kier alpha value is -4.07. The van der Waals surface area contributed by atoms with Crippen molar-refractivity contribution in [2.24, 2.45) is 7.05 Å². The van der Waals surface area contributed by atoms with Crippen LogP contribution in [0.3, 0.4) is 0 Å². The molecule has 33 heavy (non-hydrogen) atoms. The average molecular weight is 450 g/mol. The third kappa shape index (κ3) is 5.23. The van der Waals surface area contributed by atoms with Crippen molar-refractivity contribution in [1.29, 1.82) is 0 Å². The van der Waals surface area contributed by atoms with Gasteiger partial charge in [-0.1, -0.05) is 42.5 Å². The fourth-order valence-corrected chi connectivity index (χ4v) is 3.81. The van der Waals surface area contributed by atoms with E-state index >= 15 is 0 Å². The van der Waals surface area contributed by atoms with E-state index in [0.717, 1.165) is 22.3 Å². The van der Waals surface area contributed by atoms with Crippen LogP contribution in [0.5, 0.6) is 5.75 Å². The lowest BCUT2D eigenvalue weighted by Gasteiger charge is -2.19. The van der Waals surface area contributed by atoms with Crippen LogP contribution in [-0.2, 0) is 11.8 Å². The second-order valence-electron chi connectivity index (χ2n) is 8.05. The van der Waals surface area contributed by atoms with E-state index in [2.05, 4.69) is 10.6 Å². The van der Waals surface area contributed by atoms with Crippen LogP contribution in [0.15, 0.2) is 53.3 Å². The Bertz CT molecular complexity index is 1240. The molecule has 1 atom stereocenters. The van der Waals surface area contributed by atoms with Gasteiger partial charge in [0.15, 0.2) is 5.69 Å². The topological polar surface area (TPSA) is 121 Å². The van der Waals surface area contributed by atoms with E-state index in [1.165, 1.54) is 17.7 Å². The van der Waals surface area contributed by atoms with Crippen LogP contribution in [0.25, 0.3) is 11.1 Å². The summed E-state index contributed by atoms with van der Waals surface area (Å²) in [4.78, 5) is 36.4. The molecule has 1 heterocycles. The largest absolute Gasteiger partial charge is 0.505 e. The molecule has 0 spiro atoms. The number of aryl methyl sites for hydroxylation is 3. The predicted octanol–water partition coefficient (Wildman–Crippen LogP) is 4.02. The number of benzene rings is 2. The van der Waals surface area contributed by atoms with Gasteiger partial charge in [-0.05, 0) is 48.6 Å². The molecule has 0 bridgehead atoms. The Labute approximate surface area is 191 Å². The van der Waals surface area contributed by atoms with Crippen molar-refractivity contribution in [3.05, 3.63) is 81.3 Å². The molecular formula is C25H27N3O5. The first-order valence-electron chi connectivity index (χ1n) is 10.4. The number of carboxylic acids is 1. The molecule has 3 rings (SSSR count). The number of aliphatic carboxylic acids is 1.